The van der Waals surface area contributed by atoms with Gasteiger partial charge in [0.25, 0.3) is 0 Å². The van der Waals surface area contributed by atoms with Gasteiger partial charge >= 0.3 is 0 Å². The maximum atomic E-state index is 12.2. The first kappa shape index (κ1) is 14.5. The minimum Gasteiger partial charge on any atom is -0.397 e. The first-order chi connectivity index (χ1) is 8.81. The Balaban J connectivity index is 0.000000191. The Morgan fingerprint density at radius 1 is 0.579 bits per heavy atom. The van der Waals surface area contributed by atoms with Crippen LogP contribution < -0.4 is 22.9 Å². The average Bonchev–Trinajstić information content (AvgIpc) is 2.33. The van der Waals surface area contributed by atoms with Gasteiger partial charge in [-0.3, -0.25) is 0 Å². The SMILES string of the molecule is Nc1cc(F)c(F)cc1N.Nc1ccc(F)cc1N. The van der Waals surface area contributed by atoms with E-state index in [2.05, 4.69) is 0 Å². The fraction of sp³-hybridized carbons (Fsp3) is 0. The van der Waals surface area contributed by atoms with Crippen molar-refractivity contribution in [1.29, 1.82) is 0 Å². The Morgan fingerprint density at radius 2 is 1.00 bits per heavy atom. The Hall–Kier alpha value is -2.57. The van der Waals surface area contributed by atoms with Crippen molar-refractivity contribution < 1.29 is 13.2 Å². The molecule has 0 fully saturated rings. The lowest BCUT2D eigenvalue weighted by Gasteiger charge is -1.98. The van der Waals surface area contributed by atoms with Crippen molar-refractivity contribution in [3.8, 4) is 0 Å². The maximum absolute atomic E-state index is 12.2. The van der Waals surface area contributed by atoms with Crippen LogP contribution in [0.3, 0.4) is 0 Å². The van der Waals surface area contributed by atoms with E-state index in [1.807, 2.05) is 0 Å². The van der Waals surface area contributed by atoms with Crippen LogP contribution in [0.15, 0.2) is 30.3 Å². The molecule has 0 bridgehead atoms. The van der Waals surface area contributed by atoms with E-state index in [1.54, 1.807) is 0 Å². The van der Waals surface area contributed by atoms with Gasteiger partial charge < -0.3 is 22.9 Å². The molecule has 2 rings (SSSR count). The Kier molecular flexibility index (Phi) is 4.46. The van der Waals surface area contributed by atoms with Crippen LogP contribution in [0.25, 0.3) is 0 Å². The molecule has 4 nitrogen and oxygen atoms in total. The number of rotatable bonds is 0. The summed E-state index contributed by atoms with van der Waals surface area (Å²) < 4.78 is 36.7. The number of hydrogen-bond acceptors (Lipinski definition) is 4. The lowest BCUT2D eigenvalue weighted by atomic mass is 10.2. The van der Waals surface area contributed by atoms with Gasteiger partial charge in [0, 0.05) is 12.1 Å². The van der Waals surface area contributed by atoms with Crippen LogP contribution in [0.4, 0.5) is 35.9 Å². The molecule has 0 saturated carbocycles. The van der Waals surface area contributed by atoms with Crippen molar-refractivity contribution in [2.75, 3.05) is 22.9 Å². The summed E-state index contributed by atoms with van der Waals surface area (Å²) in [5, 5.41) is 0. The summed E-state index contributed by atoms with van der Waals surface area (Å²) in [7, 11) is 0. The summed E-state index contributed by atoms with van der Waals surface area (Å²) in [6, 6.07) is 5.60. The average molecular weight is 270 g/mol. The number of benzene rings is 2. The molecule has 0 aliphatic rings. The molecular weight excluding hydrogens is 257 g/mol. The Labute approximate surface area is 107 Å². The quantitative estimate of drug-likeness (QED) is 0.550. The van der Waals surface area contributed by atoms with Crippen LogP contribution >= 0.6 is 0 Å². The lowest BCUT2D eigenvalue weighted by molar-refractivity contribution is 0.510. The molecule has 0 unspecified atom stereocenters. The van der Waals surface area contributed by atoms with E-state index in [9.17, 15) is 13.2 Å². The van der Waals surface area contributed by atoms with Crippen LogP contribution in [0, 0.1) is 17.5 Å². The molecule has 0 saturated heterocycles. The van der Waals surface area contributed by atoms with Crippen molar-refractivity contribution in [3.63, 3.8) is 0 Å². The number of hydrogen-bond donors (Lipinski definition) is 4. The van der Waals surface area contributed by atoms with E-state index >= 15 is 0 Å². The molecular formula is C12H13F3N4. The predicted octanol–water partition coefficient (Wildman–Crippen LogP) is 2.12. The molecule has 2 aromatic carbocycles. The van der Waals surface area contributed by atoms with Crippen LogP contribution in [-0.4, -0.2) is 0 Å². The molecule has 0 aliphatic carbocycles. The molecule has 102 valence electrons. The molecule has 0 amide bonds. The zero-order chi connectivity index (χ0) is 14.6. The Morgan fingerprint density at radius 3 is 1.37 bits per heavy atom. The minimum absolute atomic E-state index is 0.0545. The van der Waals surface area contributed by atoms with Gasteiger partial charge in [0.2, 0.25) is 0 Å². The molecule has 0 aliphatic heterocycles. The molecule has 19 heavy (non-hydrogen) atoms. The zero-order valence-electron chi connectivity index (χ0n) is 9.83. The minimum atomic E-state index is -0.980. The molecule has 2 aromatic rings. The summed E-state index contributed by atoms with van der Waals surface area (Å²) in [5.41, 5.74) is 21.7. The number of halogens is 3. The summed E-state index contributed by atoms with van der Waals surface area (Å²) >= 11 is 0. The largest absolute Gasteiger partial charge is 0.397 e. The molecule has 0 spiro atoms. The van der Waals surface area contributed by atoms with Gasteiger partial charge in [0.15, 0.2) is 11.6 Å². The van der Waals surface area contributed by atoms with Gasteiger partial charge in [-0.1, -0.05) is 0 Å². The third-order valence-electron chi connectivity index (χ3n) is 2.17. The van der Waals surface area contributed by atoms with Crippen LogP contribution in [0.2, 0.25) is 0 Å². The second-order valence-electron chi connectivity index (χ2n) is 3.67. The predicted molar refractivity (Wildman–Crippen MR) is 70.4 cm³/mol. The van der Waals surface area contributed by atoms with E-state index in [0.29, 0.717) is 5.69 Å². The third kappa shape index (κ3) is 3.98. The zero-order valence-corrected chi connectivity index (χ0v) is 9.83. The van der Waals surface area contributed by atoms with E-state index in [0.717, 1.165) is 12.1 Å². The molecule has 0 aromatic heterocycles. The van der Waals surface area contributed by atoms with Crippen LogP contribution in [0.1, 0.15) is 0 Å². The summed E-state index contributed by atoms with van der Waals surface area (Å²) in [6.07, 6.45) is 0. The van der Waals surface area contributed by atoms with Crippen molar-refractivity contribution in [2.24, 2.45) is 0 Å². The molecule has 0 heterocycles. The van der Waals surface area contributed by atoms with Gasteiger partial charge in [0.05, 0.1) is 22.7 Å². The van der Waals surface area contributed by atoms with Crippen molar-refractivity contribution >= 4 is 22.7 Å². The maximum Gasteiger partial charge on any atom is 0.161 e. The highest BCUT2D eigenvalue weighted by atomic mass is 19.2. The fourth-order valence-electron chi connectivity index (χ4n) is 1.12. The molecule has 0 radical (unpaired) electrons. The first-order valence-corrected chi connectivity index (χ1v) is 5.11. The summed E-state index contributed by atoms with van der Waals surface area (Å²) in [5.74, 6) is -2.32. The third-order valence-corrected chi connectivity index (χ3v) is 2.17. The van der Waals surface area contributed by atoms with Crippen LogP contribution in [-0.2, 0) is 0 Å². The molecule has 7 heteroatoms. The van der Waals surface area contributed by atoms with Crippen molar-refractivity contribution in [2.45, 2.75) is 0 Å². The van der Waals surface area contributed by atoms with E-state index < -0.39 is 11.6 Å². The van der Waals surface area contributed by atoms with E-state index in [1.165, 1.54) is 18.2 Å². The Bertz CT molecular complexity index is 537. The topological polar surface area (TPSA) is 104 Å². The van der Waals surface area contributed by atoms with Crippen molar-refractivity contribution in [1.82, 2.24) is 0 Å². The first-order valence-electron chi connectivity index (χ1n) is 5.11. The number of nitrogen functional groups attached to an aromatic ring is 4. The fourth-order valence-corrected chi connectivity index (χ4v) is 1.12. The number of nitrogens with two attached hydrogens (primary N) is 4. The van der Waals surface area contributed by atoms with E-state index in [-0.39, 0.29) is 22.9 Å². The van der Waals surface area contributed by atoms with Gasteiger partial charge in [-0.25, -0.2) is 13.2 Å². The van der Waals surface area contributed by atoms with Crippen molar-refractivity contribution in [3.05, 3.63) is 47.8 Å². The van der Waals surface area contributed by atoms with E-state index in [4.69, 9.17) is 22.9 Å². The second-order valence-corrected chi connectivity index (χ2v) is 3.67. The standard InChI is InChI=1S/C6H6F2N2.C6H7FN2/c7-3-1-5(9)6(10)2-4(3)8;7-4-1-2-5(8)6(9)3-4/h1-2H,9-10H2;1-3H,8-9H2. The summed E-state index contributed by atoms with van der Waals surface area (Å²) in [6.45, 7) is 0. The van der Waals surface area contributed by atoms with Gasteiger partial charge in [0.1, 0.15) is 5.82 Å². The van der Waals surface area contributed by atoms with Gasteiger partial charge in [-0.2, -0.15) is 0 Å². The smallest absolute Gasteiger partial charge is 0.161 e. The highest BCUT2D eigenvalue weighted by molar-refractivity contribution is 5.63. The van der Waals surface area contributed by atoms with Gasteiger partial charge in [-0.15, -0.1) is 0 Å². The lowest BCUT2D eigenvalue weighted by Crippen LogP contribution is -1.97. The monoisotopic (exact) mass is 270 g/mol. The molecule has 0 atom stereocenters. The van der Waals surface area contributed by atoms with Crippen LogP contribution in [0.5, 0.6) is 0 Å². The molecule has 8 N–H and O–H groups in total. The highest BCUT2D eigenvalue weighted by Gasteiger charge is 2.03. The van der Waals surface area contributed by atoms with Gasteiger partial charge in [-0.05, 0) is 18.2 Å². The second kappa shape index (κ2) is 5.85. The number of anilines is 4. The normalized spacial score (nSPS) is 9.63. The summed E-state index contributed by atoms with van der Waals surface area (Å²) in [4.78, 5) is 0. The highest BCUT2D eigenvalue weighted by Crippen LogP contribution is 2.18.